The summed E-state index contributed by atoms with van der Waals surface area (Å²) in [4.78, 5) is 17.0. The summed E-state index contributed by atoms with van der Waals surface area (Å²) in [5, 5.41) is 1.37. The molecule has 24 heavy (non-hydrogen) atoms. The molecule has 0 aliphatic carbocycles. The van der Waals surface area contributed by atoms with E-state index in [1.54, 1.807) is 36.0 Å². The summed E-state index contributed by atoms with van der Waals surface area (Å²) in [7, 11) is 0. The zero-order chi connectivity index (χ0) is 17.1. The fraction of sp³-hybridized carbons (Fsp3) is 0.111. The molecule has 3 aromatic rings. The van der Waals surface area contributed by atoms with Crippen molar-refractivity contribution < 1.29 is 9.53 Å². The first kappa shape index (κ1) is 16.6. The van der Waals surface area contributed by atoms with Gasteiger partial charge in [-0.25, -0.2) is 4.98 Å². The van der Waals surface area contributed by atoms with E-state index in [4.69, 9.17) is 22.1 Å². The molecule has 0 aliphatic rings. The topological polar surface area (TPSA) is 65.2 Å². The molecule has 1 heterocycles. The van der Waals surface area contributed by atoms with Crippen LogP contribution in [-0.2, 0) is 6.61 Å². The van der Waals surface area contributed by atoms with Gasteiger partial charge >= 0.3 is 0 Å². The maximum Gasteiger partial charge on any atom is 0.252 e. The number of ether oxygens (including phenoxy) is 1. The molecule has 122 valence electrons. The molecule has 1 amide bonds. The molecule has 0 fully saturated rings. The van der Waals surface area contributed by atoms with Crippen LogP contribution in [-0.4, -0.2) is 17.1 Å². The normalized spacial score (nSPS) is 10.8. The number of halogens is 1. The number of thioether (sulfide) groups is 1. The van der Waals surface area contributed by atoms with Crippen molar-refractivity contribution in [3.63, 3.8) is 0 Å². The molecule has 0 atom stereocenters. The number of aromatic nitrogens is 1. The zero-order valence-corrected chi connectivity index (χ0v) is 14.5. The van der Waals surface area contributed by atoms with Crippen molar-refractivity contribution in [1.82, 2.24) is 4.98 Å². The second-order valence-corrected chi connectivity index (χ2v) is 6.38. The maximum atomic E-state index is 11.4. The van der Waals surface area contributed by atoms with Crippen molar-refractivity contribution in [3.8, 4) is 5.75 Å². The third-order valence-electron chi connectivity index (χ3n) is 3.59. The molecule has 0 saturated carbocycles. The summed E-state index contributed by atoms with van der Waals surface area (Å²) in [6.07, 6.45) is 2.02. The van der Waals surface area contributed by atoms with E-state index in [0.717, 1.165) is 21.4 Å². The molecule has 0 spiro atoms. The van der Waals surface area contributed by atoms with Gasteiger partial charge in [0.15, 0.2) is 0 Å². The van der Waals surface area contributed by atoms with Crippen molar-refractivity contribution >= 4 is 40.2 Å². The number of fused-ring (bicyclic) bond motifs is 1. The van der Waals surface area contributed by atoms with Crippen LogP contribution in [0.5, 0.6) is 5.75 Å². The number of nitrogens with zero attached hydrogens (tertiary/aromatic N) is 1. The lowest BCUT2D eigenvalue weighted by Crippen LogP contribution is -2.13. The largest absolute Gasteiger partial charge is 0.488 e. The molecular weight excluding hydrogens is 344 g/mol. The Hall–Kier alpha value is -2.24. The van der Waals surface area contributed by atoms with E-state index in [0.29, 0.717) is 16.5 Å². The van der Waals surface area contributed by atoms with Crippen LogP contribution < -0.4 is 10.5 Å². The molecule has 6 heteroatoms. The number of para-hydroxylation sites is 1. The van der Waals surface area contributed by atoms with Gasteiger partial charge in [0.25, 0.3) is 5.91 Å². The number of benzene rings is 2. The lowest BCUT2D eigenvalue weighted by atomic mass is 10.1. The molecule has 1 aromatic heterocycles. The highest BCUT2D eigenvalue weighted by Crippen LogP contribution is 2.26. The first-order chi connectivity index (χ1) is 11.6. The Balaban J connectivity index is 1.88. The second kappa shape index (κ2) is 7.11. The SMILES string of the molecule is CSc1ccc2cc(COc3ccccc3C(N)=O)c(Cl)nc2c1. The lowest BCUT2D eigenvalue weighted by molar-refractivity contribution is 0.0996. The quantitative estimate of drug-likeness (QED) is 0.546. The van der Waals surface area contributed by atoms with E-state index >= 15 is 0 Å². The molecule has 0 bridgehead atoms. The third kappa shape index (κ3) is 3.47. The van der Waals surface area contributed by atoms with Gasteiger partial charge in [0, 0.05) is 15.8 Å². The minimum Gasteiger partial charge on any atom is -0.488 e. The number of nitrogens with two attached hydrogens (primary N) is 1. The van der Waals surface area contributed by atoms with E-state index < -0.39 is 5.91 Å². The Morgan fingerprint density at radius 2 is 2.04 bits per heavy atom. The Morgan fingerprint density at radius 1 is 1.25 bits per heavy atom. The van der Waals surface area contributed by atoms with Crippen LogP contribution in [0.3, 0.4) is 0 Å². The minimum atomic E-state index is -0.530. The Labute approximate surface area is 149 Å². The lowest BCUT2D eigenvalue weighted by Gasteiger charge is -2.11. The average Bonchev–Trinajstić information content (AvgIpc) is 2.59. The predicted molar refractivity (Wildman–Crippen MR) is 97.8 cm³/mol. The van der Waals surface area contributed by atoms with Crippen LogP contribution in [0.2, 0.25) is 5.15 Å². The monoisotopic (exact) mass is 358 g/mol. The summed E-state index contributed by atoms with van der Waals surface area (Å²) in [5.74, 6) is -0.100. The highest BCUT2D eigenvalue weighted by atomic mass is 35.5. The first-order valence-electron chi connectivity index (χ1n) is 7.23. The smallest absolute Gasteiger partial charge is 0.252 e. The second-order valence-electron chi connectivity index (χ2n) is 5.15. The summed E-state index contributed by atoms with van der Waals surface area (Å²) in [5.41, 5.74) is 7.29. The number of primary amides is 1. The van der Waals surface area contributed by atoms with Gasteiger partial charge in [-0.15, -0.1) is 11.8 Å². The molecule has 2 N–H and O–H groups in total. The van der Waals surface area contributed by atoms with Gasteiger partial charge in [-0.3, -0.25) is 4.79 Å². The number of rotatable bonds is 5. The van der Waals surface area contributed by atoms with Crippen molar-refractivity contribution in [3.05, 3.63) is 64.8 Å². The van der Waals surface area contributed by atoms with Crippen LogP contribution in [0.1, 0.15) is 15.9 Å². The van der Waals surface area contributed by atoms with Crippen LogP contribution in [0.25, 0.3) is 10.9 Å². The van der Waals surface area contributed by atoms with E-state index in [1.165, 1.54) is 0 Å². The van der Waals surface area contributed by atoms with Gasteiger partial charge in [-0.05, 0) is 36.6 Å². The van der Waals surface area contributed by atoms with Gasteiger partial charge in [-0.1, -0.05) is 29.8 Å². The molecule has 4 nitrogen and oxygen atoms in total. The standard InChI is InChI=1S/C18H15ClN2O2S/c1-24-13-7-6-11-8-12(17(19)21-15(11)9-13)10-23-16-5-3-2-4-14(16)18(20)22/h2-9H,10H2,1H3,(H2,20,22). The van der Waals surface area contributed by atoms with E-state index in [1.807, 2.05) is 30.5 Å². The Kier molecular flexibility index (Phi) is 4.92. The number of carbonyl (C=O) groups excluding carboxylic acids is 1. The number of carbonyl (C=O) groups is 1. The van der Waals surface area contributed by atoms with E-state index in [9.17, 15) is 4.79 Å². The Morgan fingerprint density at radius 3 is 2.79 bits per heavy atom. The fourth-order valence-electron chi connectivity index (χ4n) is 2.35. The van der Waals surface area contributed by atoms with Crippen LogP contribution in [0, 0.1) is 0 Å². The van der Waals surface area contributed by atoms with Gasteiger partial charge in [-0.2, -0.15) is 0 Å². The summed E-state index contributed by atoms with van der Waals surface area (Å²) < 4.78 is 5.73. The highest BCUT2D eigenvalue weighted by molar-refractivity contribution is 7.98. The summed E-state index contributed by atoms with van der Waals surface area (Å²) in [6.45, 7) is 0.205. The summed E-state index contributed by atoms with van der Waals surface area (Å²) in [6, 6.07) is 14.8. The van der Waals surface area contributed by atoms with Crippen molar-refractivity contribution in [1.29, 1.82) is 0 Å². The van der Waals surface area contributed by atoms with Crippen molar-refractivity contribution in [2.45, 2.75) is 11.5 Å². The van der Waals surface area contributed by atoms with Gasteiger partial charge in [0.2, 0.25) is 0 Å². The highest BCUT2D eigenvalue weighted by Gasteiger charge is 2.11. The number of pyridine rings is 1. The van der Waals surface area contributed by atoms with Crippen LogP contribution in [0.4, 0.5) is 0 Å². The van der Waals surface area contributed by atoms with Gasteiger partial charge < -0.3 is 10.5 Å². The first-order valence-corrected chi connectivity index (χ1v) is 8.83. The van der Waals surface area contributed by atoms with Crippen LogP contribution >= 0.6 is 23.4 Å². The van der Waals surface area contributed by atoms with Crippen molar-refractivity contribution in [2.24, 2.45) is 5.73 Å². The average molecular weight is 359 g/mol. The fourth-order valence-corrected chi connectivity index (χ4v) is 2.98. The molecule has 3 rings (SSSR count). The van der Waals surface area contributed by atoms with Crippen LogP contribution in [0.15, 0.2) is 53.4 Å². The zero-order valence-electron chi connectivity index (χ0n) is 13.0. The molecule has 0 radical (unpaired) electrons. The Bertz CT molecular complexity index is 915. The molecule has 0 unspecified atom stereocenters. The van der Waals surface area contributed by atoms with Crippen molar-refractivity contribution in [2.75, 3.05) is 6.26 Å². The molecule has 0 saturated heterocycles. The number of hydrogen-bond acceptors (Lipinski definition) is 4. The summed E-state index contributed by atoms with van der Waals surface area (Å²) >= 11 is 7.93. The minimum absolute atomic E-state index is 0.205. The van der Waals surface area contributed by atoms with Gasteiger partial charge in [0.1, 0.15) is 17.5 Å². The van der Waals surface area contributed by atoms with Gasteiger partial charge in [0.05, 0.1) is 11.1 Å². The molecule has 2 aromatic carbocycles. The third-order valence-corrected chi connectivity index (χ3v) is 4.64. The predicted octanol–water partition coefficient (Wildman–Crippen LogP) is 4.29. The van der Waals surface area contributed by atoms with E-state index in [-0.39, 0.29) is 6.61 Å². The molecular formula is C18H15ClN2O2S. The van der Waals surface area contributed by atoms with E-state index in [2.05, 4.69) is 4.98 Å². The number of hydrogen-bond donors (Lipinski definition) is 1. The number of amides is 1. The molecule has 0 aliphatic heterocycles. The maximum absolute atomic E-state index is 11.4.